The summed E-state index contributed by atoms with van der Waals surface area (Å²) in [5.74, 6) is -4.78. The minimum Gasteiger partial charge on any atom is -0.459 e. The van der Waals surface area contributed by atoms with Crippen molar-refractivity contribution in [3.05, 3.63) is 72.3 Å². The maximum absolute atomic E-state index is 14.5. The van der Waals surface area contributed by atoms with Gasteiger partial charge in [-0.2, -0.15) is 5.26 Å². The van der Waals surface area contributed by atoms with E-state index in [9.17, 15) is 29.8 Å². The van der Waals surface area contributed by atoms with E-state index >= 15 is 0 Å². The summed E-state index contributed by atoms with van der Waals surface area (Å²) in [6, 6.07) is 10.4. The lowest BCUT2D eigenvalue weighted by atomic mass is 9.71. The number of nitriles is 1. The Bertz CT molecular complexity index is 1350. The zero-order valence-electron chi connectivity index (χ0n) is 23.4. The molecule has 0 aromatic heterocycles. The summed E-state index contributed by atoms with van der Waals surface area (Å²) < 4.78 is 12.0. The van der Waals surface area contributed by atoms with Gasteiger partial charge < -0.3 is 9.47 Å². The highest BCUT2D eigenvalue weighted by molar-refractivity contribution is 14.1. The number of rotatable bonds is 8. The van der Waals surface area contributed by atoms with Gasteiger partial charge in [-0.3, -0.25) is 24.5 Å². The van der Waals surface area contributed by atoms with Crippen molar-refractivity contribution >= 4 is 46.0 Å². The fraction of sp³-hybridized carbons (Fsp3) is 0.448. The third-order valence-corrected chi connectivity index (χ3v) is 6.89. The molecule has 0 saturated carbocycles. The Morgan fingerprint density at radius 1 is 1.00 bits per heavy atom. The van der Waals surface area contributed by atoms with E-state index < -0.39 is 50.9 Å². The van der Waals surface area contributed by atoms with E-state index in [0.717, 1.165) is 15.2 Å². The van der Waals surface area contributed by atoms with Gasteiger partial charge in [-0.15, -0.1) is 0 Å². The van der Waals surface area contributed by atoms with Crippen LogP contribution in [0, 0.1) is 25.0 Å². The van der Waals surface area contributed by atoms with E-state index in [-0.39, 0.29) is 16.7 Å². The number of esters is 2. The summed E-state index contributed by atoms with van der Waals surface area (Å²) in [7, 11) is 0. The van der Waals surface area contributed by atoms with Gasteiger partial charge in [-0.1, -0.05) is 19.1 Å². The van der Waals surface area contributed by atoms with Gasteiger partial charge in [0.25, 0.3) is 5.69 Å². The Morgan fingerprint density at radius 2 is 1.59 bits per heavy atom. The van der Waals surface area contributed by atoms with E-state index in [1.807, 2.05) is 13.0 Å². The number of Topliss-reactive ketones (excluding diaryl/α,β-unsaturated/α-hetero) is 1. The molecular formula is C29H33IN2O7. The first-order valence-electron chi connectivity index (χ1n) is 12.3. The molecule has 0 heterocycles. The lowest BCUT2D eigenvalue weighted by Crippen LogP contribution is -2.49. The Kier molecular flexibility index (Phi) is 9.66. The minimum atomic E-state index is -2.04. The monoisotopic (exact) mass is 648 g/mol. The molecule has 39 heavy (non-hydrogen) atoms. The number of ether oxygens (including phenoxy) is 2. The molecule has 0 amide bonds. The first-order valence-corrected chi connectivity index (χ1v) is 13.4. The van der Waals surface area contributed by atoms with Gasteiger partial charge in [-0.05, 0) is 107 Å². The average molecular weight is 648 g/mol. The molecule has 9 nitrogen and oxygen atoms in total. The fourth-order valence-electron chi connectivity index (χ4n) is 3.93. The molecular weight excluding hydrogens is 615 g/mol. The quantitative estimate of drug-likeness (QED) is 0.113. The van der Waals surface area contributed by atoms with Gasteiger partial charge in [0.2, 0.25) is 0 Å². The molecule has 0 aliphatic rings. The van der Waals surface area contributed by atoms with Crippen molar-refractivity contribution in [1.82, 2.24) is 0 Å². The second-order valence-electron chi connectivity index (χ2n) is 11.3. The Labute approximate surface area is 242 Å². The smallest absolute Gasteiger partial charge is 0.324 e. The number of aryl methyl sites for hydroxylation is 1. The SMILES string of the molecule is CCc1ccc(C(C)(C(=O)OC(C)(C)C)C(=O)C(C(=O)OC(C)(C)C)c2ccc(C#N)cc2[N+](=O)[O-])cc1I. The van der Waals surface area contributed by atoms with Crippen molar-refractivity contribution in [2.75, 3.05) is 0 Å². The van der Waals surface area contributed by atoms with Crippen molar-refractivity contribution in [2.24, 2.45) is 0 Å². The number of carbonyl (C=O) groups is 3. The molecule has 10 heteroatoms. The predicted molar refractivity (Wildman–Crippen MR) is 153 cm³/mol. The van der Waals surface area contributed by atoms with Crippen LogP contribution in [0.25, 0.3) is 0 Å². The van der Waals surface area contributed by atoms with Crippen LogP contribution in [0.4, 0.5) is 5.69 Å². The molecule has 2 aromatic rings. The van der Waals surface area contributed by atoms with E-state index in [4.69, 9.17) is 9.47 Å². The molecule has 0 aliphatic carbocycles. The third-order valence-electron chi connectivity index (χ3n) is 5.88. The molecule has 2 rings (SSSR count). The van der Waals surface area contributed by atoms with Gasteiger partial charge in [-0.25, -0.2) is 0 Å². The zero-order chi connectivity index (χ0) is 29.9. The summed E-state index contributed by atoms with van der Waals surface area (Å²) in [5.41, 5.74) is -3.72. The Morgan fingerprint density at radius 3 is 2.05 bits per heavy atom. The van der Waals surface area contributed by atoms with Crippen molar-refractivity contribution in [2.45, 2.75) is 84.3 Å². The Hall–Kier alpha value is -3.33. The number of hydrogen-bond acceptors (Lipinski definition) is 8. The van der Waals surface area contributed by atoms with Crippen molar-refractivity contribution in [1.29, 1.82) is 5.26 Å². The van der Waals surface area contributed by atoms with Gasteiger partial charge in [0.05, 0.1) is 22.1 Å². The second kappa shape index (κ2) is 11.8. The average Bonchev–Trinajstić information content (AvgIpc) is 2.81. The standard InChI is InChI=1S/C29H33IN2O7/c1-9-18-11-12-19(15-21(18)30)29(8,26(35)39-28(5,6)7)24(33)23(25(34)38-27(2,3)4)20-13-10-17(16-31)14-22(20)32(36)37/h10-15,23H,9H2,1-8H3. The number of nitro benzene ring substituents is 1. The first-order chi connectivity index (χ1) is 17.9. The number of nitro groups is 1. The Balaban J connectivity index is 2.92. The van der Waals surface area contributed by atoms with Gasteiger partial charge in [0, 0.05) is 9.64 Å². The third kappa shape index (κ3) is 7.41. The molecule has 0 bridgehead atoms. The lowest BCUT2D eigenvalue weighted by Gasteiger charge is -2.34. The van der Waals surface area contributed by atoms with E-state index in [1.165, 1.54) is 19.1 Å². The highest BCUT2D eigenvalue weighted by Crippen LogP contribution is 2.39. The highest BCUT2D eigenvalue weighted by atomic mass is 127. The number of halogens is 1. The number of nitrogens with zero attached hydrogens (tertiary/aromatic N) is 2. The molecule has 0 spiro atoms. The summed E-state index contributed by atoms with van der Waals surface area (Å²) in [6.45, 7) is 13.1. The molecule has 2 aromatic carbocycles. The zero-order valence-corrected chi connectivity index (χ0v) is 25.5. The van der Waals surface area contributed by atoms with Crippen LogP contribution in [0.3, 0.4) is 0 Å². The fourth-order valence-corrected chi connectivity index (χ4v) is 4.82. The van der Waals surface area contributed by atoms with E-state index in [2.05, 4.69) is 22.6 Å². The normalized spacial score (nSPS) is 13.9. The molecule has 0 fully saturated rings. The minimum absolute atomic E-state index is 0.0274. The van der Waals surface area contributed by atoms with Crippen LogP contribution in [-0.2, 0) is 35.7 Å². The van der Waals surface area contributed by atoms with Crippen LogP contribution < -0.4 is 0 Å². The van der Waals surface area contributed by atoms with Gasteiger partial charge in [0.15, 0.2) is 5.78 Å². The number of ketones is 1. The highest BCUT2D eigenvalue weighted by Gasteiger charge is 2.52. The maximum Gasteiger partial charge on any atom is 0.324 e. The molecule has 2 unspecified atom stereocenters. The topological polar surface area (TPSA) is 137 Å². The molecule has 0 N–H and O–H groups in total. The van der Waals surface area contributed by atoms with Crippen LogP contribution in [-0.4, -0.2) is 33.8 Å². The largest absolute Gasteiger partial charge is 0.459 e. The molecule has 0 radical (unpaired) electrons. The van der Waals surface area contributed by atoms with Crippen molar-refractivity contribution in [3.8, 4) is 6.07 Å². The molecule has 2 atom stereocenters. The van der Waals surface area contributed by atoms with Crippen LogP contribution in [0.1, 0.15) is 83.6 Å². The summed E-state index contributed by atoms with van der Waals surface area (Å²) in [4.78, 5) is 53.1. The van der Waals surface area contributed by atoms with Crippen LogP contribution in [0.15, 0.2) is 36.4 Å². The van der Waals surface area contributed by atoms with Crippen molar-refractivity contribution in [3.63, 3.8) is 0 Å². The van der Waals surface area contributed by atoms with Crippen LogP contribution in [0.5, 0.6) is 0 Å². The molecule has 208 valence electrons. The maximum atomic E-state index is 14.5. The van der Waals surface area contributed by atoms with E-state index in [1.54, 1.807) is 59.7 Å². The summed E-state index contributed by atoms with van der Waals surface area (Å²) in [6.07, 6.45) is 0.716. The van der Waals surface area contributed by atoms with E-state index in [0.29, 0.717) is 6.42 Å². The summed E-state index contributed by atoms with van der Waals surface area (Å²) >= 11 is 2.11. The van der Waals surface area contributed by atoms with Crippen LogP contribution >= 0.6 is 22.6 Å². The number of carbonyl (C=O) groups excluding carboxylic acids is 3. The second-order valence-corrected chi connectivity index (χ2v) is 12.4. The lowest BCUT2D eigenvalue weighted by molar-refractivity contribution is -0.385. The number of hydrogen-bond donors (Lipinski definition) is 0. The van der Waals surface area contributed by atoms with Gasteiger partial charge >= 0.3 is 11.9 Å². The predicted octanol–water partition coefficient (Wildman–Crippen LogP) is 5.93. The summed E-state index contributed by atoms with van der Waals surface area (Å²) in [5, 5.41) is 21.3. The molecule has 0 saturated heterocycles. The van der Waals surface area contributed by atoms with Crippen LogP contribution in [0.2, 0.25) is 0 Å². The molecule has 0 aliphatic heterocycles. The van der Waals surface area contributed by atoms with Gasteiger partial charge in [0.1, 0.15) is 22.5 Å². The first kappa shape index (κ1) is 31.9. The number of benzene rings is 2. The van der Waals surface area contributed by atoms with Crippen molar-refractivity contribution < 1.29 is 28.8 Å².